The first kappa shape index (κ1) is 17.2. The van der Waals surface area contributed by atoms with Gasteiger partial charge in [-0.15, -0.1) is 0 Å². The second kappa shape index (κ2) is 8.48. The summed E-state index contributed by atoms with van der Waals surface area (Å²) in [5, 5.41) is 0. The van der Waals surface area contributed by atoms with Crippen molar-refractivity contribution < 1.29 is 23.8 Å². The van der Waals surface area contributed by atoms with E-state index in [-0.39, 0.29) is 24.9 Å². The Morgan fingerprint density at radius 2 is 1.91 bits per heavy atom. The number of hydrogen-bond donors (Lipinski definition) is 0. The van der Waals surface area contributed by atoms with Crippen molar-refractivity contribution in [2.45, 2.75) is 32.8 Å². The van der Waals surface area contributed by atoms with Gasteiger partial charge in [0.25, 0.3) is 0 Å². The first-order chi connectivity index (χ1) is 11.2. The highest BCUT2D eigenvalue weighted by Gasteiger charge is 2.22. The van der Waals surface area contributed by atoms with Crippen molar-refractivity contribution in [3.8, 4) is 0 Å². The van der Waals surface area contributed by atoms with Gasteiger partial charge in [-0.3, -0.25) is 0 Å². The largest absolute Gasteiger partial charge is 0.462 e. The Bertz CT molecular complexity index is 565. The van der Waals surface area contributed by atoms with E-state index in [0.29, 0.717) is 0 Å². The molecule has 1 fully saturated rings. The Balaban J connectivity index is 2.28. The van der Waals surface area contributed by atoms with Gasteiger partial charge in [0.05, 0.1) is 19.3 Å². The molecule has 1 aromatic rings. The number of benzene rings is 1. The number of carbonyl (C=O) groups is 2. The fourth-order valence-corrected chi connectivity index (χ4v) is 2.48. The molecular formula is C18H22O5. The summed E-state index contributed by atoms with van der Waals surface area (Å²) in [5.74, 6) is -1.35. The van der Waals surface area contributed by atoms with Crippen molar-refractivity contribution in [1.29, 1.82) is 0 Å². The van der Waals surface area contributed by atoms with Crippen LogP contribution in [0.4, 0.5) is 0 Å². The Hall–Kier alpha value is -2.14. The predicted octanol–water partition coefficient (Wildman–Crippen LogP) is 3.05. The standard InChI is InChI=1S/C18H22O5/c1-3-21-17(19)15(18(20)22-4-2)12-13-7-5-8-14(11-13)16-9-6-10-23-16/h5,7-8,11-12,16H,3-4,6,9-10H2,1-2H3. The van der Waals surface area contributed by atoms with E-state index in [1.165, 1.54) is 6.08 Å². The highest BCUT2D eigenvalue weighted by atomic mass is 16.6. The molecule has 5 heteroatoms. The molecule has 1 aromatic carbocycles. The van der Waals surface area contributed by atoms with Crippen LogP contribution in [0.3, 0.4) is 0 Å². The van der Waals surface area contributed by atoms with E-state index >= 15 is 0 Å². The molecule has 0 radical (unpaired) electrons. The fourth-order valence-electron chi connectivity index (χ4n) is 2.48. The monoisotopic (exact) mass is 318 g/mol. The zero-order valence-corrected chi connectivity index (χ0v) is 13.5. The van der Waals surface area contributed by atoms with Crippen LogP contribution in [-0.4, -0.2) is 31.8 Å². The van der Waals surface area contributed by atoms with Gasteiger partial charge < -0.3 is 14.2 Å². The molecule has 1 unspecified atom stereocenters. The SMILES string of the molecule is CCOC(=O)C(=Cc1cccc(C2CCCO2)c1)C(=O)OCC. The summed E-state index contributed by atoms with van der Waals surface area (Å²) >= 11 is 0. The molecule has 0 saturated carbocycles. The van der Waals surface area contributed by atoms with Gasteiger partial charge in [0.1, 0.15) is 5.57 Å². The molecule has 1 atom stereocenters. The quantitative estimate of drug-likeness (QED) is 0.349. The Morgan fingerprint density at radius 1 is 1.22 bits per heavy atom. The number of esters is 2. The third-order valence-electron chi connectivity index (χ3n) is 3.51. The molecule has 1 heterocycles. The molecule has 124 valence electrons. The zero-order chi connectivity index (χ0) is 16.7. The van der Waals surface area contributed by atoms with E-state index in [2.05, 4.69) is 0 Å². The van der Waals surface area contributed by atoms with Crippen LogP contribution in [0, 0.1) is 0 Å². The van der Waals surface area contributed by atoms with Crippen LogP contribution in [0.15, 0.2) is 29.8 Å². The summed E-state index contributed by atoms with van der Waals surface area (Å²) < 4.78 is 15.5. The minimum atomic E-state index is -0.673. The lowest BCUT2D eigenvalue weighted by Crippen LogP contribution is -2.18. The molecular weight excluding hydrogens is 296 g/mol. The van der Waals surface area contributed by atoms with Crippen molar-refractivity contribution in [2.24, 2.45) is 0 Å². The summed E-state index contributed by atoms with van der Waals surface area (Å²) in [6.45, 7) is 4.55. The van der Waals surface area contributed by atoms with Gasteiger partial charge in [-0.1, -0.05) is 18.2 Å². The molecule has 5 nitrogen and oxygen atoms in total. The number of rotatable bonds is 6. The molecule has 0 N–H and O–H groups in total. The molecule has 1 aliphatic rings. The molecule has 0 spiro atoms. The molecule has 0 aliphatic carbocycles. The van der Waals surface area contributed by atoms with E-state index in [9.17, 15) is 9.59 Å². The Kier molecular flexibility index (Phi) is 6.35. The maximum absolute atomic E-state index is 12.0. The van der Waals surface area contributed by atoms with Gasteiger partial charge in [-0.2, -0.15) is 0 Å². The summed E-state index contributed by atoms with van der Waals surface area (Å²) in [7, 11) is 0. The molecule has 2 rings (SSSR count). The first-order valence-electron chi connectivity index (χ1n) is 7.93. The van der Waals surface area contributed by atoms with Crippen LogP contribution in [0.5, 0.6) is 0 Å². The lowest BCUT2D eigenvalue weighted by atomic mass is 10.0. The van der Waals surface area contributed by atoms with E-state index in [0.717, 1.165) is 30.6 Å². The van der Waals surface area contributed by atoms with Crippen LogP contribution < -0.4 is 0 Å². The Morgan fingerprint density at radius 3 is 2.48 bits per heavy atom. The second-order valence-electron chi connectivity index (χ2n) is 5.17. The van der Waals surface area contributed by atoms with Gasteiger partial charge in [-0.25, -0.2) is 9.59 Å². The summed E-state index contributed by atoms with van der Waals surface area (Å²) in [5.41, 5.74) is 1.69. The van der Waals surface area contributed by atoms with E-state index in [4.69, 9.17) is 14.2 Å². The van der Waals surface area contributed by atoms with Crippen molar-refractivity contribution >= 4 is 18.0 Å². The zero-order valence-electron chi connectivity index (χ0n) is 13.5. The predicted molar refractivity (Wildman–Crippen MR) is 85.6 cm³/mol. The highest BCUT2D eigenvalue weighted by molar-refractivity contribution is 6.17. The lowest BCUT2D eigenvalue weighted by molar-refractivity contribution is -0.146. The highest BCUT2D eigenvalue weighted by Crippen LogP contribution is 2.29. The van der Waals surface area contributed by atoms with Crippen LogP contribution >= 0.6 is 0 Å². The smallest absolute Gasteiger partial charge is 0.345 e. The molecule has 0 aromatic heterocycles. The maximum atomic E-state index is 12.0. The third kappa shape index (κ3) is 4.66. The van der Waals surface area contributed by atoms with Gasteiger partial charge in [0, 0.05) is 6.61 Å². The second-order valence-corrected chi connectivity index (χ2v) is 5.17. The lowest BCUT2D eigenvalue weighted by Gasteiger charge is -2.11. The van der Waals surface area contributed by atoms with Gasteiger partial charge in [0.2, 0.25) is 0 Å². The number of hydrogen-bond acceptors (Lipinski definition) is 5. The normalized spacial score (nSPS) is 16.7. The topological polar surface area (TPSA) is 61.8 Å². The molecule has 1 saturated heterocycles. The molecule has 23 heavy (non-hydrogen) atoms. The first-order valence-corrected chi connectivity index (χ1v) is 7.93. The average Bonchev–Trinajstić information content (AvgIpc) is 3.08. The Labute approximate surface area is 136 Å². The fraction of sp³-hybridized carbons (Fsp3) is 0.444. The summed E-state index contributed by atoms with van der Waals surface area (Å²) in [6, 6.07) is 7.63. The van der Waals surface area contributed by atoms with Crippen molar-refractivity contribution in [2.75, 3.05) is 19.8 Å². The van der Waals surface area contributed by atoms with Gasteiger partial charge >= 0.3 is 11.9 Å². The third-order valence-corrected chi connectivity index (χ3v) is 3.51. The number of carbonyl (C=O) groups excluding carboxylic acids is 2. The molecule has 1 aliphatic heterocycles. The van der Waals surface area contributed by atoms with Crippen molar-refractivity contribution in [1.82, 2.24) is 0 Å². The summed E-state index contributed by atoms with van der Waals surface area (Å²) in [4.78, 5) is 24.0. The van der Waals surface area contributed by atoms with Crippen LogP contribution in [0.2, 0.25) is 0 Å². The van der Waals surface area contributed by atoms with Crippen LogP contribution in [0.25, 0.3) is 6.08 Å². The molecule has 0 amide bonds. The van der Waals surface area contributed by atoms with Crippen LogP contribution in [-0.2, 0) is 23.8 Å². The summed E-state index contributed by atoms with van der Waals surface area (Å²) in [6.07, 6.45) is 3.61. The average molecular weight is 318 g/mol. The van der Waals surface area contributed by atoms with Gasteiger partial charge in [0.15, 0.2) is 0 Å². The molecule has 0 bridgehead atoms. The van der Waals surface area contributed by atoms with E-state index in [1.807, 2.05) is 24.3 Å². The minimum absolute atomic E-state index is 0.0805. The van der Waals surface area contributed by atoms with Crippen LogP contribution in [0.1, 0.15) is 43.9 Å². The van der Waals surface area contributed by atoms with Crippen molar-refractivity contribution in [3.63, 3.8) is 0 Å². The van der Waals surface area contributed by atoms with Gasteiger partial charge in [-0.05, 0) is 50.0 Å². The maximum Gasteiger partial charge on any atom is 0.345 e. The number of ether oxygens (including phenoxy) is 3. The minimum Gasteiger partial charge on any atom is -0.462 e. The van der Waals surface area contributed by atoms with E-state index < -0.39 is 11.9 Å². The van der Waals surface area contributed by atoms with E-state index in [1.54, 1.807) is 13.8 Å². The van der Waals surface area contributed by atoms with Crippen molar-refractivity contribution in [3.05, 3.63) is 41.0 Å².